The number of nitrogens with one attached hydrogen (secondary N) is 1. The fourth-order valence-electron chi connectivity index (χ4n) is 2.54. The zero-order valence-electron chi connectivity index (χ0n) is 13.3. The average Bonchev–Trinajstić information content (AvgIpc) is 3.01. The van der Waals surface area contributed by atoms with E-state index in [4.69, 9.17) is 11.0 Å². The lowest BCUT2D eigenvalue weighted by atomic mass is 10.1. The van der Waals surface area contributed by atoms with Gasteiger partial charge in [0.25, 0.3) is 5.56 Å². The molecule has 0 saturated heterocycles. The summed E-state index contributed by atoms with van der Waals surface area (Å²) in [6, 6.07) is 7.15. The Balaban J connectivity index is 2.04. The van der Waals surface area contributed by atoms with Crippen molar-refractivity contribution < 1.29 is 4.79 Å². The fraction of sp³-hybridized carbons (Fsp3) is 0.111. The number of nitrogens with two attached hydrogens (primary N) is 1. The number of aromatic nitrogens is 3. The minimum atomic E-state index is -0.525. The second kappa shape index (κ2) is 6.84. The molecule has 3 aromatic rings. The van der Waals surface area contributed by atoms with Crippen molar-refractivity contribution in [2.24, 2.45) is 5.73 Å². The number of amides is 1. The highest BCUT2D eigenvalue weighted by Gasteiger charge is 2.07. The van der Waals surface area contributed by atoms with Crippen LogP contribution >= 0.6 is 0 Å². The number of aromatic amines is 1. The molecule has 0 spiro atoms. The average molecular weight is 333 g/mol. The summed E-state index contributed by atoms with van der Waals surface area (Å²) in [6.07, 6.45) is 8.34. The predicted octanol–water partition coefficient (Wildman–Crippen LogP) is 1.80. The second-order valence-corrected chi connectivity index (χ2v) is 5.46. The largest absolute Gasteiger partial charge is 0.366 e. The van der Waals surface area contributed by atoms with Gasteiger partial charge in [0.15, 0.2) is 0 Å². The monoisotopic (exact) mass is 333 g/mol. The SMILES string of the molecule is N#CCCn1cc(-c2cnc3[nH]cc(/C=C/C(N)=O)c3c2)ccc1=O. The second-order valence-electron chi connectivity index (χ2n) is 5.46. The Bertz CT molecular complexity index is 1070. The number of carbonyl (C=O) groups excluding carboxylic acids is 1. The zero-order valence-corrected chi connectivity index (χ0v) is 13.3. The third-order valence-electron chi connectivity index (χ3n) is 3.77. The number of primary amides is 1. The van der Waals surface area contributed by atoms with E-state index in [1.807, 2.05) is 12.1 Å². The van der Waals surface area contributed by atoms with Crippen molar-refractivity contribution in [3.05, 3.63) is 58.8 Å². The van der Waals surface area contributed by atoms with Gasteiger partial charge in [-0.1, -0.05) is 0 Å². The Morgan fingerprint density at radius 2 is 2.24 bits per heavy atom. The summed E-state index contributed by atoms with van der Waals surface area (Å²) in [5.74, 6) is -0.525. The van der Waals surface area contributed by atoms with Crippen LogP contribution in [-0.2, 0) is 11.3 Å². The van der Waals surface area contributed by atoms with E-state index in [9.17, 15) is 9.59 Å². The van der Waals surface area contributed by atoms with Crippen molar-refractivity contribution in [3.8, 4) is 17.2 Å². The lowest BCUT2D eigenvalue weighted by Crippen LogP contribution is -2.18. The molecule has 3 N–H and O–H groups in total. The Kier molecular flexibility index (Phi) is 4.44. The third-order valence-corrected chi connectivity index (χ3v) is 3.77. The Labute approximate surface area is 143 Å². The summed E-state index contributed by atoms with van der Waals surface area (Å²) in [6.45, 7) is 0.343. The molecular formula is C18H15N5O2. The van der Waals surface area contributed by atoms with E-state index < -0.39 is 5.91 Å². The van der Waals surface area contributed by atoms with Gasteiger partial charge in [0.05, 0.1) is 12.5 Å². The summed E-state index contributed by atoms with van der Waals surface area (Å²) in [4.78, 5) is 30.2. The van der Waals surface area contributed by atoms with Gasteiger partial charge in [-0.2, -0.15) is 5.26 Å². The van der Waals surface area contributed by atoms with Crippen LogP contribution in [0.5, 0.6) is 0 Å². The van der Waals surface area contributed by atoms with E-state index in [0.717, 1.165) is 22.1 Å². The molecule has 1 amide bonds. The van der Waals surface area contributed by atoms with Gasteiger partial charge in [0.2, 0.25) is 5.91 Å². The van der Waals surface area contributed by atoms with Crippen LogP contribution in [0.15, 0.2) is 47.7 Å². The van der Waals surface area contributed by atoms with Crippen molar-refractivity contribution in [3.63, 3.8) is 0 Å². The number of carbonyl (C=O) groups is 1. The number of hydrogen-bond acceptors (Lipinski definition) is 4. The smallest absolute Gasteiger partial charge is 0.250 e. The number of nitrogens with zero attached hydrogens (tertiary/aromatic N) is 3. The summed E-state index contributed by atoms with van der Waals surface area (Å²) in [5.41, 5.74) is 8.11. The van der Waals surface area contributed by atoms with E-state index in [-0.39, 0.29) is 12.0 Å². The minimum absolute atomic E-state index is 0.153. The van der Waals surface area contributed by atoms with Gasteiger partial charge in [-0.25, -0.2) is 4.98 Å². The molecule has 0 aliphatic carbocycles. The molecule has 25 heavy (non-hydrogen) atoms. The van der Waals surface area contributed by atoms with E-state index in [2.05, 4.69) is 9.97 Å². The summed E-state index contributed by atoms with van der Waals surface area (Å²) in [7, 11) is 0. The van der Waals surface area contributed by atoms with Crippen molar-refractivity contribution >= 4 is 23.0 Å². The number of rotatable bonds is 5. The first-order valence-electron chi connectivity index (χ1n) is 7.61. The van der Waals surface area contributed by atoms with Gasteiger partial charge >= 0.3 is 0 Å². The number of fused-ring (bicyclic) bond motifs is 1. The highest BCUT2D eigenvalue weighted by atomic mass is 16.1. The van der Waals surface area contributed by atoms with Crippen LogP contribution in [0, 0.1) is 11.3 Å². The van der Waals surface area contributed by atoms with E-state index >= 15 is 0 Å². The van der Waals surface area contributed by atoms with Crippen molar-refractivity contribution in [2.45, 2.75) is 13.0 Å². The minimum Gasteiger partial charge on any atom is -0.366 e. The van der Waals surface area contributed by atoms with Crippen LogP contribution in [0.25, 0.3) is 28.2 Å². The molecule has 7 heteroatoms. The van der Waals surface area contributed by atoms with Gasteiger partial charge < -0.3 is 15.3 Å². The maximum absolute atomic E-state index is 11.9. The van der Waals surface area contributed by atoms with Crippen LogP contribution in [0.2, 0.25) is 0 Å². The molecule has 0 unspecified atom stereocenters. The van der Waals surface area contributed by atoms with Crippen LogP contribution < -0.4 is 11.3 Å². The number of pyridine rings is 2. The van der Waals surface area contributed by atoms with Crippen LogP contribution in [0.1, 0.15) is 12.0 Å². The molecule has 0 saturated carbocycles. The first-order chi connectivity index (χ1) is 12.1. The van der Waals surface area contributed by atoms with Crippen molar-refractivity contribution in [1.29, 1.82) is 5.26 Å². The molecule has 3 aromatic heterocycles. The van der Waals surface area contributed by atoms with Crippen LogP contribution in [-0.4, -0.2) is 20.4 Å². The molecule has 0 aliphatic heterocycles. The van der Waals surface area contributed by atoms with Gasteiger partial charge in [-0.3, -0.25) is 9.59 Å². The van der Waals surface area contributed by atoms with Crippen LogP contribution in [0.3, 0.4) is 0 Å². The lowest BCUT2D eigenvalue weighted by molar-refractivity contribution is -0.113. The first-order valence-corrected chi connectivity index (χ1v) is 7.61. The molecule has 0 fully saturated rings. The number of hydrogen-bond donors (Lipinski definition) is 2. The molecule has 0 aromatic carbocycles. The van der Waals surface area contributed by atoms with Gasteiger partial charge in [-0.05, 0) is 23.8 Å². The van der Waals surface area contributed by atoms with E-state index in [1.54, 1.807) is 30.7 Å². The Morgan fingerprint density at radius 3 is 3.00 bits per heavy atom. The molecule has 7 nitrogen and oxygen atoms in total. The number of nitriles is 1. The van der Waals surface area contributed by atoms with Gasteiger partial charge in [-0.15, -0.1) is 0 Å². The maximum Gasteiger partial charge on any atom is 0.250 e. The Morgan fingerprint density at radius 1 is 1.40 bits per heavy atom. The third kappa shape index (κ3) is 3.48. The molecule has 3 rings (SSSR count). The van der Waals surface area contributed by atoms with E-state index in [1.165, 1.54) is 16.7 Å². The number of H-pyrrole nitrogens is 1. The molecule has 3 heterocycles. The summed E-state index contributed by atoms with van der Waals surface area (Å²) < 4.78 is 1.51. The zero-order chi connectivity index (χ0) is 17.8. The molecule has 0 bridgehead atoms. The fourth-order valence-corrected chi connectivity index (χ4v) is 2.54. The molecule has 0 aliphatic rings. The summed E-state index contributed by atoms with van der Waals surface area (Å²) >= 11 is 0. The molecule has 0 atom stereocenters. The first kappa shape index (κ1) is 16.2. The predicted molar refractivity (Wildman–Crippen MR) is 94.2 cm³/mol. The highest BCUT2D eigenvalue weighted by Crippen LogP contribution is 2.24. The topological polar surface area (TPSA) is 118 Å². The standard InChI is InChI=1S/C18H15N5O2/c19-6-1-7-23-11-13(3-5-17(23)25)14-8-15-12(2-4-16(20)24)9-21-18(15)22-10-14/h2-5,8-11H,1,7H2,(H2,20,24)(H,21,22)/b4-2+. The molecular weight excluding hydrogens is 318 g/mol. The van der Waals surface area contributed by atoms with Crippen molar-refractivity contribution in [1.82, 2.24) is 14.5 Å². The lowest BCUT2D eigenvalue weighted by Gasteiger charge is -2.07. The van der Waals surface area contributed by atoms with Gasteiger partial charge in [0.1, 0.15) is 5.65 Å². The van der Waals surface area contributed by atoms with Crippen LogP contribution in [0.4, 0.5) is 0 Å². The van der Waals surface area contributed by atoms with Gasteiger partial charge in [0, 0.05) is 53.8 Å². The maximum atomic E-state index is 11.9. The highest BCUT2D eigenvalue weighted by molar-refractivity contribution is 5.95. The summed E-state index contributed by atoms with van der Waals surface area (Å²) in [5, 5.41) is 9.54. The molecule has 0 radical (unpaired) electrons. The molecule has 124 valence electrons. The van der Waals surface area contributed by atoms with Crippen molar-refractivity contribution in [2.75, 3.05) is 0 Å². The quantitative estimate of drug-likeness (QED) is 0.692. The normalized spacial score (nSPS) is 11.0. The van der Waals surface area contributed by atoms with E-state index in [0.29, 0.717) is 12.2 Å². The Hall–Kier alpha value is -3.66. The number of aryl methyl sites for hydroxylation is 1.